The molecule has 0 aliphatic carbocycles. The average Bonchev–Trinajstić information content (AvgIpc) is 2.19. The van der Waals surface area contributed by atoms with Gasteiger partial charge in [0.15, 0.2) is 12.6 Å². The minimum atomic E-state index is 0.326. The van der Waals surface area contributed by atoms with Crippen molar-refractivity contribution >= 4 is 5.84 Å². The second-order valence-corrected chi connectivity index (χ2v) is 2.82. The summed E-state index contributed by atoms with van der Waals surface area (Å²) in [4.78, 5) is 9.05. The number of oxime groups is 1. The summed E-state index contributed by atoms with van der Waals surface area (Å²) >= 11 is 0. The van der Waals surface area contributed by atoms with Gasteiger partial charge in [0, 0.05) is 5.56 Å². The third-order valence-electron chi connectivity index (χ3n) is 1.77. The Labute approximate surface area is 76.1 Å². The van der Waals surface area contributed by atoms with Crippen LogP contribution >= 0.6 is 0 Å². The summed E-state index contributed by atoms with van der Waals surface area (Å²) in [5, 5.41) is 6.69. The molecule has 1 heterocycles. The summed E-state index contributed by atoms with van der Waals surface area (Å²) in [5.74, 6) is 0.704. The second kappa shape index (κ2) is 3.45. The molecule has 0 amide bonds. The fourth-order valence-corrected chi connectivity index (χ4v) is 1.17. The number of nitrogens with one attached hydrogen (secondary N) is 1. The summed E-state index contributed by atoms with van der Waals surface area (Å²) in [6, 6.07) is 8.00. The molecule has 0 aromatic heterocycles. The second-order valence-electron chi connectivity index (χ2n) is 2.82. The molecule has 1 aromatic rings. The standard InChI is InChI=1S/C9H10N2O2/c1-7-3-2-4-8(5-7)9-10-6-12-13-11-9/h2-5H,6H2,1H3,(H,10,11). The first-order valence-electron chi connectivity index (χ1n) is 4.04. The van der Waals surface area contributed by atoms with Crippen LogP contribution < -0.4 is 5.32 Å². The van der Waals surface area contributed by atoms with Gasteiger partial charge < -0.3 is 5.32 Å². The SMILES string of the molecule is Cc1cccc(C2=NOOCN2)c1. The molecule has 4 nitrogen and oxygen atoms in total. The third kappa shape index (κ3) is 1.78. The van der Waals surface area contributed by atoms with Gasteiger partial charge in [-0.15, -0.1) is 4.89 Å². The maximum atomic E-state index is 4.55. The van der Waals surface area contributed by atoms with Crippen LogP contribution in [-0.4, -0.2) is 12.6 Å². The molecule has 0 saturated carbocycles. The van der Waals surface area contributed by atoms with Crippen molar-refractivity contribution in [2.24, 2.45) is 5.16 Å². The Balaban J connectivity index is 2.29. The number of nitrogens with zero attached hydrogens (tertiary/aromatic N) is 1. The van der Waals surface area contributed by atoms with Crippen LogP contribution in [0.4, 0.5) is 0 Å². The van der Waals surface area contributed by atoms with E-state index in [9.17, 15) is 0 Å². The van der Waals surface area contributed by atoms with E-state index in [4.69, 9.17) is 0 Å². The Bertz CT molecular complexity index is 336. The van der Waals surface area contributed by atoms with Crippen LogP contribution in [0.5, 0.6) is 0 Å². The van der Waals surface area contributed by atoms with Gasteiger partial charge in [-0.25, -0.2) is 4.99 Å². The molecule has 13 heavy (non-hydrogen) atoms. The highest BCUT2D eigenvalue weighted by Crippen LogP contribution is 2.06. The van der Waals surface area contributed by atoms with Gasteiger partial charge in [0.05, 0.1) is 0 Å². The highest BCUT2D eigenvalue weighted by Gasteiger charge is 2.07. The average molecular weight is 178 g/mol. The Hall–Kier alpha value is -1.55. The molecule has 0 saturated heterocycles. The zero-order valence-electron chi connectivity index (χ0n) is 7.28. The molecule has 0 bridgehead atoms. The van der Waals surface area contributed by atoms with Gasteiger partial charge in [-0.2, -0.15) is 0 Å². The lowest BCUT2D eigenvalue weighted by Crippen LogP contribution is -2.30. The molecule has 0 spiro atoms. The zero-order chi connectivity index (χ0) is 9.10. The smallest absolute Gasteiger partial charge is 0.178 e. The molecule has 0 radical (unpaired) electrons. The molecule has 2 rings (SSSR count). The first-order chi connectivity index (χ1) is 6.36. The Morgan fingerprint density at radius 2 is 2.38 bits per heavy atom. The van der Waals surface area contributed by atoms with Gasteiger partial charge in [-0.05, 0) is 18.1 Å². The van der Waals surface area contributed by atoms with Gasteiger partial charge in [-0.3, -0.25) is 0 Å². The van der Waals surface area contributed by atoms with Gasteiger partial charge >= 0.3 is 0 Å². The minimum Gasteiger partial charge on any atom is -0.341 e. The van der Waals surface area contributed by atoms with Crippen LogP contribution in [0.2, 0.25) is 0 Å². The molecule has 0 unspecified atom stereocenters. The Kier molecular flexibility index (Phi) is 2.14. The van der Waals surface area contributed by atoms with Crippen LogP contribution in [0.1, 0.15) is 11.1 Å². The van der Waals surface area contributed by atoms with Crippen molar-refractivity contribution in [3.63, 3.8) is 0 Å². The van der Waals surface area contributed by atoms with E-state index in [-0.39, 0.29) is 0 Å². The molecule has 0 atom stereocenters. The Morgan fingerprint density at radius 3 is 3.08 bits per heavy atom. The normalized spacial score (nSPS) is 15.6. The number of rotatable bonds is 1. The van der Waals surface area contributed by atoms with Crippen molar-refractivity contribution in [1.82, 2.24) is 5.32 Å². The molecule has 0 fully saturated rings. The largest absolute Gasteiger partial charge is 0.341 e. The topological polar surface area (TPSA) is 42.9 Å². The highest BCUT2D eigenvalue weighted by atomic mass is 17.3. The molecule has 4 heteroatoms. The van der Waals surface area contributed by atoms with E-state index in [2.05, 4.69) is 20.3 Å². The monoisotopic (exact) mass is 178 g/mol. The van der Waals surface area contributed by atoms with Crippen molar-refractivity contribution in [1.29, 1.82) is 0 Å². The van der Waals surface area contributed by atoms with Crippen molar-refractivity contribution in [3.05, 3.63) is 35.4 Å². The third-order valence-corrected chi connectivity index (χ3v) is 1.77. The van der Waals surface area contributed by atoms with E-state index in [0.717, 1.165) is 5.56 Å². The highest BCUT2D eigenvalue weighted by molar-refractivity contribution is 5.98. The minimum absolute atomic E-state index is 0.326. The van der Waals surface area contributed by atoms with Crippen LogP contribution in [0.3, 0.4) is 0 Å². The lowest BCUT2D eigenvalue weighted by Gasteiger charge is -2.12. The summed E-state index contributed by atoms with van der Waals surface area (Å²) in [6.07, 6.45) is 0. The Morgan fingerprint density at radius 1 is 1.46 bits per heavy atom. The number of amidine groups is 1. The quantitative estimate of drug-likeness (QED) is 0.656. The molecule has 1 aliphatic heterocycles. The molecule has 68 valence electrons. The fourth-order valence-electron chi connectivity index (χ4n) is 1.17. The fraction of sp³-hybridized carbons (Fsp3) is 0.222. The van der Waals surface area contributed by atoms with E-state index >= 15 is 0 Å². The van der Waals surface area contributed by atoms with E-state index in [1.807, 2.05) is 31.2 Å². The predicted molar refractivity (Wildman–Crippen MR) is 47.9 cm³/mol. The van der Waals surface area contributed by atoms with Crippen LogP contribution in [0, 0.1) is 6.92 Å². The predicted octanol–water partition coefficient (Wildman–Crippen LogP) is 1.17. The maximum absolute atomic E-state index is 4.55. The number of hydrogen-bond acceptors (Lipinski definition) is 4. The van der Waals surface area contributed by atoms with Gasteiger partial charge in [0.2, 0.25) is 0 Å². The lowest BCUT2D eigenvalue weighted by atomic mass is 10.1. The summed E-state index contributed by atoms with van der Waals surface area (Å²) in [5.41, 5.74) is 2.19. The number of benzene rings is 1. The molecule has 1 aliphatic rings. The molecular formula is C9H10N2O2. The van der Waals surface area contributed by atoms with E-state index in [1.165, 1.54) is 5.56 Å². The molecule has 1 N–H and O–H groups in total. The first kappa shape index (κ1) is 8.07. The van der Waals surface area contributed by atoms with Crippen molar-refractivity contribution in [2.75, 3.05) is 6.73 Å². The number of hydrogen-bond donors (Lipinski definition) is 1. The van der Waals surface area contributed by atoms with Crippen LogP contribution in [0.25, 0.3) is 0 Å². The number of aryl methyl sites for hydroxylation is 1. The molecule has 1 aromatic carbocycles. The van der Waals surface area contributed by atoms with E-state index < -0.39 is 0 Å². The summed E-state index contributed by atoms with van der Waals surface area (Å²) in [6.45, 7) is 2.36. The van der Waals surface area contributed by atoms with E-state index in [0.29, 0.717) is 12.6 Å². The lowest BCUT2D eigenvalue weighted by molar-refractivity contribution is -0.305. The maximum Gasteiger partial charge on any atom is 0.178 e. The van der Waals surface area contributed by atoms with Gasteiger partial charge in [0.25, 0.3) is 0 Å². The van der Waals surface area contributed by atoms with Crippen molar-refractivity contribution in [2.45, 2.75) is 6.92 Å². The van der Waals surface area contributed by atoms with Crippen LogP contribution in [-0.2, 0) is 9.88 Å². The van der Waals surface area contributed by atoms with Crippen molar-refractivity contribution in [3.8, 4) is 0 Å². The summed E-state index contributed by atoms with van der Waals surface area (Å²) in [7, 11) is 0. The first-order valence-corrected chi connectivity index (χ1v) is 4.04. The van der Waals surface area contributed by atoms with Gasteiger partial charge in [-0.1, -0.05) is 23.8 Å². The van der Waals surface area contributed by atoms with Crippen molar-refractivity contribution < 1.29 is 9.88 Å². The summed E-state index contributed by atoms with van der Waals surface area (Å²) < 4.78 is 0. The zero-order valence-corrected chi connectivity index (χ0v) is 7.28. The van der Waals surface area contributed by atoms with Crippen LogP contribution in [0.15, 0.2) is 29.4 Å². The van der Waals surface area contributed by atoms with Gasteiger partial charge in [0.1, 0.15) is 0 Å². The van der Waals surface area contributed by atoms with E-state index in [1.54, 1.807) is 0 Å². The molecular weight excluding hydrogens is 168 g/mol.